The summed E-state index contributed by atoms with van der Waals surface area (Å²) in [6.07, 6.45) is 5.98. The summed E-state index contributed by atoms with van der Waals surface area (Å²) in [5.41, 5.74) is -0.831. The second-order valence-corrected chi connectivity index (χ2v) is 7.25. The molecule has 0 spiro atoms. The molecule has 3 amide bonds. The van der Waals surface area contributed by atoms with E-state index >= 15 is 0 Å². The van der Waals surface area contributed by atoms with Crippen molar-refractivity contribution in [2.24, 2.45) is 5.92 Å². The number of nitrogens with one attached hydrogen (secondary N) is 2. The molecule has 0 unspecified atom stereocenters. The van der Waals surface area contributed by atoms with Crippen LogP contribution < -0.4 is 10.6 Å². The third-order valence-electron chi connectivity index (χ3n) is 5.35. The molecule has 0 bridgehead atoms. The summed E-state index contributed by atoms with van der Waals surface area (Å²) in [6.45, 7) is 3.14. The molecular weight excluding hydrogens is 334 g/mol. The fourth-order valence-electron chi connectivity index (χ4n) is 3.92. The van der Waals surface area contributed by atoms with Gasteiger partial charge in [-0.1, -0.05) is 19.3 Å². The van der Waals surface area contributed by atoms with E-state index in [9.17, 15) is 14.4 Å². The lowest BCUT2D eigenvalue weighted by Gasteiger charge is -2.37. The van der Waals surface area contributed by atoms with Crippen LogP contribution in [0.15, 0.2) is 22.8 Å². The van der Waals surface area contributed by atoms with Crippen molar-refractivity contribution < 1.29 is 18.8 Å². The zero-order valence-corrected chi connectivity index (χ0v) is 15.3. The van der Waals surface area contributed by atoms with E-state index in [0.717, 1.165) is 19.3 Å². The van der Waals surface area contributed by atoms with Crippen molar-refractivity contribution in [3.05, 3.63) is 24.2 Å². The quantitative estimate of drug-likeness (QED) is 0.805. The molecule has 142 valence electrons. The van der Waals surface area contributed by atoms with Gasteiger partial charge in [0, 0.05) is 19.5 Å². The maximum atomic E-state index is 12.8. The standard InChI is InChI=1S/C19H27N3O4/c1-2-20-18(25)19(8-4-3-5-9-19)21-17(24)14-11-16(23)22(12-14)13-15-7-6-10-26-15/h6-7,10,14H,2-5,8-9,11-13H2,1H3,(H,20,25)(H,21,24)/t14-/m1/s1. The molecule has 26 heavy (non-hydrogen) atoms. The Labute approximate surface area is 153 Å². The van der Waals surface area contributed by atoms with E-state index < -0.39 is 11.5 Å². The minimum absolute atomic E-state index is 0.0581. The third kappa shape index (κ3) is 3.92. The predicted molar refractivity (Wildman–Crippen MR) is 94.9 cm³/mol. The Bertz CT molecular complexity index is 650. The number of likely N-dealkylation sites (tertiary alicyclic amines) is 1. The van der Waals surface area contributed by atoms with Crippen LogP contribution in [0.5, 0.6) is 0 Å². The minimum Gasteiger partial charge on any atom is -0.467 e. The summed E-state index contributed by atoms with van der Waals surface area (Å²) in [5.74, 6) is -0.0910. The van der Waals surface area contributed by atoms with Crippen molar-refractivity contribution in [3.63, 3.8) is 0 Å². The van der Waals surface area contributed by atoms with Crippen LogP contribution in [0, 0.1) is 5.92 Å². The summed E-state index contributed by atoms with van der Waals surface area (Å²) in [5, 5.41) is 5.86. The molecule has 1 aromatic rings. The van der Waals surface area contributed by atoms with Crippen LogP contribution in [-0.2, 0) is 20.9 Å². The van der Waals surface area contributed by atoms with Gasteiger partial charge in [0.1, 0.15) is 11.3 Å². The van der Waals surface area contributed by atoms with Crippen LogP contribution in [0.25, 0.3) is 0 Å². The molecule has 7 heteroatoms. The highest BCUT2D eigenvalue weighted by Crippen LogP contribution is 2.30. The number of hydrogen-bond acceptors (Lipinski definition) is 4. The molecule has 2 heterocycles. The Balaban J connectivity index is 1.64. The third-order valence-corrected chi connectivity index (χ3v) is 5.35. The first kappa shape index (κ1) is 18.5. The van der Waals surface area contributed by atoms with Crippen molar-refractivity contribution in [1.82, 2.24) is 15.5 Å². The van der Waals surface area contributed by atoms with Crippen LogP contribution in [0.3, 0.4) is 0 Å². The lowest BCUT2D eigenvalue weighted by molar-refractivity contribution is -0.136. The van der Waals surface area contributed by atoms with Crippen LogP contribution in [-0.4, -0.2) is 41.2 Å². The Hall–Kier alpha value is -2.31. The second-order valence-electron chi connectivity index (χ2n) is 7.25. The van der Waals surface area contributed by atoms with Gasteiger partial charge in [-0.15, -0.1) is 0 Å². The SMILES string of the molecule is CCNC(=O)C1(NC(=O)[C@@H]2CC(=O)N(Cc3ccco3)C2)CCCCC1. The average Bonchev–Trinajstić information content (AvgIpc) is 3.27. The van der Waals surface area contributed by atoms with Gasteiger partial charge >= 0.3 is 0 Å². The Kier molecular flexibility index (Phi) is 5.64. The second kappa shape index (κ2) is 7.93. The van der Waals surface area contributed by atoms with Crippen LogP contribution in [0.2, 0.25) is 0 Å². The molecule has 1 aliphatic carbocycles. The van der Waals surface area contributed by atoms with Gasteiger partial charge in [-0.25, -0.2) is 0 Å². The van der Waals surface area contributed by atoms with Gasteiger partial charge in [0.25, 0.3) is 0 Å². The Morgan fingerprint density at radius 1 is 1.31 bits per heavy atom. The number of likely N-dealkylation sites (N-methyl/N-ethyl adjacent to an activating group) is 1. The number of carbonyl (C=O) groups excluding carboxylic acids is 3. The van der Waals surface area contributed by atoms with Crippen molar-refractivity contribution in [2.75, 3.05) is 13.1 Å². The number of hydrogen-bond donors (Lipinski definition) is 2. The Morgan fingerprint density at radius 2 is 2.08 bits per heavy atom. The largest absolute Gasteiger partial charge is 0.467 e. The normalized spacial score (nSPS) is 22.3. The summed E-state index contributed by atoms with van der Waals surface area (Å²) in [4.78, 5) is 39.3. The maximum absolute atomic E-state index is 12.8. The van der Waals surface area contributed by atoms with Crippen LogP contribution in [0.4, 0.5) is 0 Å². The smallest absolute Gasteiger partial charge is 0.245 e. The molecule has 2 fully saturated rings. The summed E-state index contributed by atoms with van der Waals surface area (Å²) < 4.78 is 5.29. The Morgan fingerprint density at radius 3 is 2.73 bits per heavy atom. The van der Waals surface area contributed by atoms with Crippen molar-refractivity contribution in [2.45, 2.75) is 57.5 Å². The summed E-state index contributed by atoms with van der Waals surface area (Å²) >= 11 is 0. The highest BCUT2D eigenvalue weighted by molar-refractivity contribution is 5.94. The highest BCUT2D eigenvalue weighted by Gasteiger charge is 2.43. The maximum Gasteiger partial charge on any atom is 0.245 e. The van der Waals surface area contributed by atoms with E-state index in [1.54, 1.807) is 17.2 Å². The minimum atomic E-state index is -0.831. The lowest BCUT2D eigenvalue weighted by atomic mass is 9.80. The molecule has 2 N–H and O–H groups in total. The van der Waals surface area contributed by atoms with Crippen molar-refractivity contribution in [1.29, 1.82) is 0 Å². The molecule has 1 aliphatic heterocycles. The first-order valence-corrected chi connectivity index (χ1v) is 9.44. The molecular formula is C19H27N3O4. The first-order valence-electron chi connectivity index (χ1n) is 9.44. The predicted octanol–water partition coefficient (Wildman–Crippen LogP) is 1.58. The fraction of sp³-hybridized carbons (Fsp3) is 0.632. The van der Waals surface area contributed by atoms with E-state index in [2.05, 4.69) is 10.6 Å². The molecule has 3 rings (SSSR count). The average molecular weight is 361 g/mol. The van der Waals surface area contributed by atoms with Crippen molar-refractivity contribution in [3.8, 4) is 0 Å². The van der Waals surface area contributed by atoms with E-state index in [4.69, 9.17) is 4.42 Å². The number of nitrogens with zero attached hydrogens (tertiary/aromatic N) is 1. The van der Waals surface area contributed by atoms with E-state index in [-0.39, 0.29) is 24.1 Å². The summed E-state index contributed by atoms with van der Waals surface area (Å²) in [7, 11) is 0. The lowest BCUT2D eigenvalue weighted by Crippen LogP contribution is -2.60. The molecule has 0 radical (unpaired) electrons. The van der Waals surface area contributed by atoms with Crippen LogP contribution >= 0.6 is 0 Å². The highest BCUT2D eigenvalue weighted by atomic mass is 16.3. The van der Waals surface area contributed by atoms with Gasteiger partial charge in [0.2, 0.25) is 17.7 Å². The number of rotatable bonds is 6. The molecule has 0 aromatic carbocycles. The molecule has 1 saturated carbocycles. The van der Waals surface area contributed by atoms with E-state index in [0.29, 0.717) is 38.2 Å². The number of carbonyl (C=O) groups is 3. The van der Waals surface area contributed by atoms with Gasteiger partial charge in [-0.2, -0.15) is 0 Å². The fourth-order valence-corrected chi connectivity index (χ4v) is 3.92. The molecule has 1 aromatic heterocycles. The monoisotopic (exact) mass is 361 g/mol. The molecule has 1 atom stereocenters. The van der Waals surface area contributed by atoms with Gasteiger partial charge in [-0.3, -0.25) is 14.4 Å². The molecule has 2 aliphatic rings. The first-order chi connectivity index (χ1) is 12.5. The number of furan rings is 1. The topological polar surface area (TPSA) is 91.7 Å². The van der Waals surface area contributed by atoms with Gasteiger partial charge in [-0.05, 0) is 31.9 Å². The van der Waals surface area contributed by atoms with E-state index in [1.165, 1.54) is 0 Å². The van der Waals surface area contributed by atoms with Gasteiger partial charge < -0.3 is 20.0 Å². The zero-order valence-electron chi connectivity index (χ0n) is 15.3. The molecule has 1 saturated heterocycles. The summed E-state index contributed by atoms with van der Waals surface area (Å²) in [6, 6.07) is 3.59. The van der Waals surface area contributed by atoms with Crippen molar-refractivity contribution >= 4 is 17.7 Å². The molecule has 7 nitrogen and oxygen atoms in total. The van der Waals surface area contributed by atoms with Crippen LogP contribution in [0.1, 0.15) is 51.2 Å². The van der Waals surface area contributed by atoms with E-state index in [1.807, 2.05) is 13.0 Å². The number of amides is 3. The van der Waals surface area contributed by atoms with Gasteiger partial charge in [0.15, 0.2) is 0 Å². The van der Waals surface area contributed by atoms with Gasteiger partial charge in [0.05, 0.1) is 18.7 Å². The zero-order chi connectivity index (χ0) is 18.6.